The number of phosphoric acid groups is 1. The highest BCUT2D eigenvalue weighted by Crippen LogP contribution is 2.38. The van der Waals surface area contributed by atoms with E-state index in [-0.39, 0.29) is 18.9 Å². The van der Waals surface area contributed by atoms with E-state index in [0.717, 1.165) is 83.5 Å². The van der Waals surface area contributed by atoms with Crippen LogP contribution in [0.15, 0.2) is 134 Å². The number of rotatable bonds is 49. The van der Waals surface area contributed by atoms with Crippen LogP contribution >= 0.6 is 7.82 Å². The van der Waals surface area contributed by atoms with Crippen LogP contribution in [0.25, 0.3) is 0 Å². The molecule has 0 aromatic heterocycles. The van der Waals surface area contributed by atoms with Crippen LogP contribution in [0.1, 0.15) is 200 Å². The molecule has 0 radical (unpaired) electrons. The Kier molecular flexibility index (Phi) is 49.1. The van der Waals surface area contributed by atoms with E-state index >= 15 is 0 Å². The van der Waals surface area contributed by atoms with Crippen molar-refractivity contribution in [1.82, 2.24) is 5.32 Å². The molecule has 8 nitrogen and oxygen atoms in total. The van der Waals surface area contributed by atoms with Crippen LogP contribution < -0.4 is 10.2 Å². The van der Waals surface area contributed by atoms with Gasteiger partial charge < -0.3 is 28.8 Å². The number of phosphoric ester groups is 1. The third-order valence-electron chi connectivity index (χ3n) is 11.6. The largest absolute Gasteiger partial charge is 0.756 e. The van der Waals surface area contributed by atoms with E-state index in [1.165, 1.54) is 83.5 Å². The van der Waals surface area contributed by atoms with E-state index < -0.39 is 26.6 Å². The molecule has 0 saturated heterocycles. The Morgan fingerprint density at radius 1 is 0.507 bits per heavy atom. The molecule has 0 bridgehead atoms. The summed E-state index contributed by atoms with van der Waals surface area (Å²) < 4.78 is 23.3. The lowest BCUT2D eigenvalue weighted by Crippen LogP contribution is -2.45. The van der Waals surface area contributed by atoms with Crippen molar-refractivity contribution in [2.45, 2.75) is 212 Å². The van der Waals surface area contributed by atoms with E-state index in [0.29, 0.717) is 23.9 Å². The third-order valence-corrected chi connectivity index (χ3v) is 12.5. The highest BCUT2D eigenvalue weighted by Gasteiger charge is 2.23. The number of unbranched alkanes of at least 4 members (excludes halogenated alkanes) is 16. The molecular formula is C62H105N2O6P. The Morgan fingerprint density at radius 3 is 1.31 bits per heavy atom. The molecule has 0 aromatic rings. The highest BCUT2D eigenvalue weighted by atomic mass is 31.2. The quantitative estimate of drug-likeness (QED) is 0.0272. The van der Waals surface area contributed by atoms with Crippen molar-refractivity contribution in [3.63, 3.8) is 0 Å². The van der Waals surface area contributed by atoms with Crippen LogP contribution in [0.2, 0.25) is 0 Å². The first-order valence-electron chi connectivity index (χ1n) is 28.0. The second-order valence-electron chi connectivity index (χ2n) is 19.5. The number of nitrogens with one attached hydrogen (secondary N) is 1. The molecule has 1 amide bonds. The van der Waals surface area contributed by atoms with Gasteiger partial charge in [-0.2, -0.15) is 0 Å². The Bertz CT molecular complexity index is 1610. The van der Waals surface area contributed by atoms with Gasteiger partial charge in [0.2, 0.25) is 5.91 Å². The van der Waals surface area contributed by atoms with Crippen LogP contribution in [0, 0.1) is 0 Å². The average molecular weight is 1010 g/mol. The molecule has 71 heavy (non-hydrogen) atoms. The summed E-state index contributed by atoms with van der Waals surface area (Å²) >= 11 is 0. The molecule has 0 spiro atoms. The van der Waals surface area contributed by atoms with Crippen molar-refractivity contribution >= 4 is 13.7 Å². The van der Waals surface area contributed by atoms with E-state index in [4.69, 9.17) is 9.05 Å². The minimum absolute atomic E-state index is 0.0257. The molecule has 0 saturated carbocycles. The topological polar surface area (TPSA) is 108 Å². The van der Waals surface area contributed by atoms with Crippen molar-refractivity contribution in [3.05, 3.63) is 134 Å². The maximum atomic E-state index is 12.9. The summed E-state index contributed by atoms with van der Waals surface area (Å²) in [7, 11) is 1.18. The van der Waals surface area contributed by atoms with Gasteiger partial charge in [0.25, 0.3) is 7.82 Å². The number of hydrogen-bond acceptors (Lipinski definition) is 6. The summed E-state index contributed by atoms with van der Waals surface area (Å²) in [5, 5.41) is 13.8. The van der Waals surface area contributed by atoms with Gasteiger partial charge in [0.1, 0.15) is 13.2 Å². The number of carbonyl (C=O) groups excluding carboxylic acids is 1. The molecule has 0 aromatic carbocycles. The van der Waals surface area contributed by atoms with Gasteiger partial charge in [-0.05, 0) is 109 Å². The maximum absolute atomic E-state index is 12.9. The van der Waals surface area contributed by atoms with Crippen LogP contribution in [0.3, 0.4) is 0 Å². The van der Waals surface area contributed by atoms with E-state index in [2.05, 4.69) is 141 Å². The van der Waals surface area contributed by atoms with Gasteiger partial charge in [-0.15, -0.1) is 0 Å². The van der Waals surface area contributed by atoms with Crippen molar-refractivity contribution < 1.29 is 32.9 Å². The summed E-state index contributed by atoms with van der Waals surface area (Å²) in [4.78, 5) is 25.5. The van der Waals surface area contributed by atoms with Gasteiger partial charge in [0.15, 0.2) is 0 Å². The summed E-state index contributed by atoms with van der Waals surface area (Å²) in [5.74, 6) is -0.259. The van der Waals surface area contributed by atoms with Gasteiger partial charge in [-0.25, -0.2) is 0 Å². The molecule has 0 aliphatic heterocycles. The van der Waals surface area contributed by atoms with Gasteiger partial charge in [-0.3, -0.25) is 9.36 Å². The van der Waals surface area contributed by atoms with Crippen LogP contribution in [0.5, 0.6) is 0 Å². The molecule has 3 atom stereocenters. The Morgan fingerprint density at radius 2 is 0.873 bits per heavy atom. The second kappa shape index (κ2) is 51.5. The van der Waals surface area contributed by atoms with Crippen molar-refractivity contribution in [1.29, 1.82) is 0 Å². The normalized spacial score (nSPS) is 15.0. The molecule has 0 heterocycles. The Hall–Kier alpha value is -3.36. The predicted octanol–water partition coefficient (Wildman–Crippen LogP) is 16.5. The zero-order chi connectivity index (χ0) is 52.0. The third kappa shape index (κ3) is 54.3. The number of quaternary nitrogens is 1. The number of carbonyl (C=O) groups is 1. The molecule has 404 valence electrons. The predicted molar refractivity (Wildman–Crippen MR) is 306 cm³/mol. The van der Waals surface area contributed by atoms with Gasteiger partial charge in [-0.1, -0.05) is 218 Å². The highest BCUT2D eigenvalue weighted by molar-refractivity contribution is 7.45. The fourth-order valence-electron chi connectivity index (χ4n) is 7.20. The lowest BCUT2D eigenvalue weighted by atomic mass is 10.0. The lowest BCUT2D eigenvalue weighted by molar-refractivity contribution is -0.870. The van der Waals surface area contributed by atoms with Crippen molar-refractivity contribution in [2.24, 2.45) is 0 Å². The monoisotopic (exact) mass is 1000 g/mol. The number of likely N-dealkylation sites (N-methyl/N-ethyl adjacent to an activating group) is 1. The van der Waals surface area contributed by atoms with Gasteiger partial charge in [0, 0.05) is 6.42 Å². The maximum Gasteiger partial charge on any atom is 0.268 e. The van der Waals surface area contributed by atoms with Crippen molar-refractivity contribution in [3.8, 4) is 0 Å². The molecule has 0 fully saturated rings. The molecule has 0 aliphatic rings. The fraction of sp³-hybridized carbons (Fsp3) is 0.629. The van der Waals surface area contributed by atoms with Crippen LogP contribution in [0.4, 0.5) is 0 Å². The second-order valence-corrected chi connectivity index (χ2v) is 20.9. The van der Waals surface area contributed by atoms with E-state index in [9.17, 15) is 19.4 Å². The SMILES string of the molecule is CC/C=C\C/C=C\C/C=C\C/C=C\C/C=C\C/C=C\C/C=C\C/C=C\CCCCC(=O)NC(COP(=O)([O-])OCC[N+](C)(C)C)C(O)/C=C/CC/C=C/CC/C=C/CCCCCCCCCCCCCC. The zero-order valence-electron chi connectivity index (χ0n) is 45.9. The first-order chi connectivity index (χ1) is 34.5. The van der Waals surface area contributed by atoms with Gasteiger partial charge in [0.05, 0.1) is 39.9 Å². The summed E-state index contributed by atoms with van der Waals surface area (Å²) in [6, 6.07) is -0.945. The zero-order valence-corrected chi connectivity index (χ0v) is 46.8. The van der Waals surface area contributed by atoms with Crippen LogP contribution in [-0.4, -0.2) is 68.5 Å². The molecule has 2 N–H and O–H groups in total. The first kappa shape index (κ1) is 67.6. The first-order valence-corrected chi connectivity index (χ1v) is 29.5. The van der Waals surface area contributed by atoms with E-state index in [1.807, 2.05) is 27.2 Å². The summed E-state index contributed by atoms with van der Waals surface area (Å²) in [6.07, 6.45) is 78.1. The van der Waals surface area contributed by atoms with E-state index in [1.54, 1.807) is 6.08 Å². The van der Waals surface area contributed by atoms with Crippen LogP contribution in [-0.2, 0) is 18.4 Å². The number of aliphatic hydroxyl groups excluding tert-OH is 1. The number of nitrogens with zero attached hydrogens (tertiary/aromatic N) is 1. The smallest absolute Gasteiger partial charge is 0.268 e. The van der Waals surface area contributed by atoms with Crippen molar-refractivity contribution in [2.75, 3.05) is 40.9 Å². The number of aliphatic hydroxyl groups is 1. The summed E-state index contributed by atoms with van der Waals surface area (Å²) in [5.41, 5.74) is 0. The number of amides is 1. The number of hydrogen-bond donors (Lipinski definition) is 2. The molecule has 9 heteroatoms. The average Bonchev–Trinajstić information content (AvgIpc) is 3.33. The fourth-order valence-corrected chi connectivity index (χ4v) is 7.92. The minimum atomic E-state index is -4.63. The Balaban J connectivity index is 4.46. The minimum Gasteiger partial charge on any atom is -0.756 e. The number of allylic oxidation sites excluding steroid dienone is 21. The van der Waals surface area contributed by atoms with Gasteiger partial charge >= 0.3 is 0 Å². The molecule has 0 rings (SSSR count). The molecule has 3 unspecified atom stereocenters. The summed E-state index contributed by atoms with van der Waals surface area (Å²) in [6.45, 7) is 4.46. The molecular weight excluding hydrogens is 900 g/mol. The standard InChI is InChI=1S/C62H105N2O6P/c1-6-8-10-12-14-16-18-20-22-24-26-28-30-31-32-33-34-36-38-40-42-44-46-48-50-52-54-56-62(66)63-60(59-70-71(67,68)69-58-57-64(3,4)5)61(65)55-53-51-49-47-45-43-41-39-37-35-29-27-25-23-21-19-17-15-13-11-9-7-2/h8,10,14,16,20,22,26,28,31-32,34,36-37,39-40,42,45-48,53,55,60-61,65H,6-7,9,11-13,15,17-19,21,23-25,27,29-30,33,35,38,41,43-44,49-52,54,56-59H2,1-5H3,(H-,63,66,67,68)/b10-8-,16-14-,22-20-,28-26-,32-31-,36-34-,39-37+,42-40-,47-45+,48-46-,55-53+. The molecule has 0 aliphatic carbocycles. The lowest BCUT2D eigenvalue weighted by Gasteiger charge is -2.29. The Labute approximate surface area is 436 Å².